The van der Waals surface area contributed by atoms with Crippen LogP contribution in [0.15, 0.2) is 23.2 Å². The van der Waals surface area contributed by atoms with Gasteiger partial charge in [0.05, 0.1) is 20.3 Å². The second kappa shape index (κ2) is 12.3. The second-order valence-electron chi connectivity index (χ2n) is 6.06. The van der Waals surface area contributed by atoms with Crippen LogP contribution >= 0.6 is 24.0 Å². The summed E-state index contributed by atoms with van der Waals surface area (Å²) in [4.78, 5) is 6.80. The van der Waals surface area contributed by atoms with Crippen LogP contribution in [0.25, 0.3) is 0 Å². The monoisotopic (exact) mass is 462 g/mol. The maximum atomic E-state index is 5.92. The summed E-state index contributed by atoms with van der Waals surface area (Å²) in [7, 11) is 1.70. The normalized spacial score (nSPS) is 15.5. The molecule has 1 aromatic rings. The van der Waals surface area contributed by atoms with Gasteiger partial charge >= 0.3 is 0 Å². The maximum Gasteiger partial charge on any atom is 0.188 e. The molecule has 1 fully saturated rings. The highest BCUT2D eigenvalue weighted by molar-refractivity contribution is 14.0. The molecule has 6 nitrogen and oxygen atoms in total. The Kier molecular flexibility index (Phi) is 10.8. The molecule has 1 aliphatic rings. The molecule has 0 aliphatic carbocycles. The number of halogens is 1. The van der Waals surface area contributed by atoms with Crippen LogP contribution in [0.5, 0.6) is 5.75 Å². The van der Waals surface area contributed by atoms with E-state index in [2.05, 4.69) is 33.4 Å². The van der Waals surface area contributed by atoms with Gasteiger partial charge in [-0.2, -0.15) is 0 Å². The van der Waals surface area contributed by atoms with Crippen LogP contribution in [0.2, 0.25) is 0 Å². The summed E-state index contributed by atoms with van der Waals surface area (Å²) in [6.45, 7) is 8.37. The highest BCUT2D eigenvalue weighted by atomic mass is 127. The van der Waals surface area contributed by atoms with Gasteiger partial charge in [-0.05, 0) is 37.0 Å². The van der Waals surface area contributed by atoms with Crippen LogP contribution in [0.4, 0.5) is 0 Å². The lowest BCUT2D eigenvalue weighted by Gasteiger charge is -2.26. The largest absolute Gasteiger partial charge is 0.496 e. The van der Waals surface area contributed by atoms with E-state index in [1.807, 2.05) is 6.92 Å². The van der Waals surface area contributed by atoms with Crippen LogP contribution in [0, 0.1) is 6.92 Å². The molecule has 3 N–H and O–H groups in total. The zero-order valence-corrected chi connectivity index (χ0v) is 17.6. The van der Waals surface area contributed by atoms with Crippen molar-refractivity contribution >= 4 is 29.9 Å². The number of morpholine rings is 1. The van der Waals surface area contributed by atoms with E-state index in [0.29, 0.717) is 5.96 Å². The van der Waals surface area contributed by atoms with Gasteiger partial charge in [0.15, 0.2) is 5.96 Å². The number of hydrogen-bond acceptors (Lipinski definition) is 4. The first-order valence-corrected chi connectivity index (χ1v) is 8.66. The second-order valence-corrected chi connectivity index (χ2v) is 6.06. The van der Waals surface area contributed by atoms with Crippen LogP contribution in [0.1, 0.15) is 17.5 Å². The summed E-state index contributed by atoms with van der Waals surface area (Å²) in [5.74, 6) is 1.45. The van der Waals surface area contributed by atoms with E-state index in [-0.39, 0.29) is 24.0 Å². The Morgan fingerprint density at radius 3 is 2.84 bits per heavy atom. The van der Waals surface area contributed by atoms with Crippen molar-refractivity contribution in [2.24, 2.45) is 10.7 Å². The molecule has 1 saturated heterocycles. The van der Waals surface area contributed by atoms with E-state index in [1.54, 1.807) is 7.11 Å². The summed E-state index contributed by atoms with van der Waals surface area (Å²) < 4.78 is 10.7. The molecule has 0 atom stereocenters. The number of methoxy groups -OCH3 is 1. The first kappa shape index (κ1) is 22.0. The van der Waals surface area contributed by atoms with Crippen LogP contribution in [-0.2, 0) is 11.2 Å². The van der Waals surface area contributed by atoms with E-state index < -0.39 is 0 Å². The van der Waals surface area contributed by atoms with Gasteiger partial charge in [0.25, 0.3) is 0 Å². The number of hydrogen-bond donors (Lipinski definition) is 2. The smallest absolute Gasteiger partial charge is 0.188 e. The predicted octanol–water partition coefficient (Wildman–Crippen LogP) is 1.79. The van der Waals surface area contributed by atoms with Gasteiger partial charge in [-0.3, -0.25) is 9.89 Å². The molecule has 0 unspecified atom stereocenters. The topological polar surface area (TPSA) is 72.1 Å². The van der Waals surface area contributed by atoms with E-state index in [4.69, 9.17) is 15.2 Å². The zero-order valence-electron chi connectivity index (χ0n) is 15.3. The molecule has 25 heavy (non-hydrogen) atoms. The van der Waals surface area contributed by atoms with Crippen molar-refractivity contribution in [2.75, 3.05) is 53.0 Å². The van der Waals surface area contributed by atoms with Gasteiger partial charge in [0.2, 0.25) is 0 Å². The number of nitrogens with two attached hydrogens (primary N) is 1. The molecular formula is C18H31IN4O2. The van der Waals surface area contributed by atoms with Crippen LogP contribution in [0.3, 0.4) is 0 Å². The number of nitrogens with one attached hydrogen (secondary N) is 1. The Morgan fingerprint density at radius 2 is 2.12 bits per heavy atom. The van der Waals surface area contributed by atoms with Gasteiger partial charge in [-0.1, -0.05) is 12.1 Å². The lowest BCUT2D eigenvalue weighted by atomic mass is 10.1. The Bertz CT molecular complexity index is 534. The third kappa shape index (κ3) is 8.24. The molecule has 142 valence electrons. The summed E-state index contributed by atoms with van der Waals surface area (Å²) in [5.41, 5.74) is 8.29. The quantitative estimate of drug-likeness (QED) is 0.267. The molecule has 0 bridgehead atoms. The molecule has 2 rings (SSSR count). The van der Waals surface area contributed by atoms with Crippen molar-refractivity contribution in [1.29, 1.82) is 0 Å². The first-order chi connectivity index (χ1) is 11.7. The lowest BCUT2D eigenvalue weighted by molar-refractivity contribution is 0.0377. The van der Waals surface area contributed by atoms with Gasteiger partial charge < -0.3 is 20.5 Å². The van der Waals surface area contributed by atoms with E-state index in [0.717, 1.165) is 70.1 Å². The Hall–Kier alpha value is -1.06. The molecule has 1 heterocycles. The van der Waals surface area contributed by atoms with Crippen molar-refractivity contribution in [3.05, 3.63) is 29.3 Å². The number of aliphatic imine (C=N–C) groups is 1. The third-order valence-electron chi connectivity index (χ3n) is 4.21. The fraction of sp³-hybridized carbons (Fsp3) is 0.611. The minimum atomic E-state index is 0. The molecule has 1 aromatic carbocycles. The molecule has 0 radical (unpaired) electrons. The maximum absolute atomic E-state index is 5.92. The number of benzene rings is 1. The summed E-state index contributed by atoms with van der Waals surface area (Å²) in [6.07, 6.45) is 1.91. The summed E-state index contributed by atoms with van der Waals surface area (Å²) in [5, 5.41) is 3.17. The van der Waals surface area contributed by atoms with Gasteiger partial charge in [0, 0.05) is 32.7 Å². The predicted molar refractivity (Wildman–Crippen MR) is 113 cm³/mol. The standard InChI is InChI=1S/C18H30N4O2.HI/c1-15-4-5-16(14-17(15)23-2)6-8-21-18(19)20-7-3-9-22-10-12-24-13-11-22;/h4-5,14H,3,6-13H2,1-2H3,(H3,19,20,21);1H. The average molecular weight is 462 g/mol. The molecule has 7 heteroatoms. The molecule has 0 spiro atoms. The minimum Gasteiger partial charge on any atom is -0.496 e. The molecule has 0 aromatic heterocycles. The van der Waals surface area contributed by atoms with Crippen molar-refractivity contribution in [1.82, 2.24) is 10.2 Å². The van der Waals surface area contributed by atoms with Gasteiger partial charge in [-0.15, -0.1) is 24.0 Å². The number of rotatable bonds is 8. The fourth-order valence-corrected chi connectivity index (χ4v) is 2.73. The van der Waals surface area contributed by atoms with Crippen molar-refractivity contribution in [3.63, 3.8) is 0 Å². The first-order valence-electron chi connectivity index (χ1n) is 8.66. The summed E-state index contributed by atoms with van der Waals surface area (Å²) >= 11 is 0. The highest BCUT2D eigenvalue weighted by Crippen LogP contribution is 2.18. The number of guanidine groups is 1. The number of nitrogens with zero attached hydrogens (tertiary/aromatic N) is 2. The Labute approximate surface area is 168 Å². The average Bonchev–Trinajstić information content (AvgIpc) is 2.61. The SMILES string of the molecule is COc1cc(CCNC(N)=NCCCN2CCOCC2)ccc1C.I. The molecule has 0 amide bonds. The molecule has 1 aliphatic heterocycles. The fourth-order valence-electron chi connectivity index (χ4n) is 2.73. The van der Waals surface area contributed by atoms with Crippen molar-refractivity contribution < 1.29 is 9.47 Å². The van der Waals surface area contributed by atoms with Crippen molar-refractivity contribution in [2.45, 2.75) is 19.8 Å². The number of aryl methyl sites for hydroxylation is 1. The third-order valence-corrected chi connectivity index (χ3v) is 4.21. The van der Waals surface area contributed by atoms with Gasteiger partial charge in [0.1, 0.15) is 5.75 Å². The van der Waals surface area contributed by atoms with Crippen LogP contribution in [-0.4, -0.2) is 63.9 Å². The van der Waals surface area contributed by atoms with Crippen LogP contribution < -0.4 is 15.8 Å². The Balaban J connectivity index is 0.00000312. The Morgan fingerprint density at radius 1 is 1.36 bits per heavy atom. The minimum absolute atomic E-state index is 0. The number of ether oxygens (including phenoxy) is 2. The van der Waals surface area contributed by atoms with E-state index in [9.17, 15) is 0 Å². The van der Waals surface area contributed by atoms with Crippen molar-refractivity contribution in [3.8, 4) is 5.75 Å². The molecule has 0 saturated carbocycles. The molecular weight excluding hydrogens is 431 g/mol. The highest BCUT2D eigenvalue weighted by Gasteiger charge is 2.08. The van der Waals surface area contributed by atoms with E-state index in [1.165, 1.54) is 5.56 Å². The van der Waals surface area contributed by atoms with E-state index >= 15 is 0 Å². The van der Waals surface area contributed by atoms with Gasteiger partial charge in [-0.25, -0.2) is 0 Å². The lowest BCUT2D eigenvalue weighted by Crippen LogP contribution is -2.37. The zero-order chi connectivity index (χ0) is 17.2. The summed E-state index contributed by atoms with van der Waals surface area (Å²) in [6, 6.07) is 6.28.